The molecule has 0 N–H and O–H groups in total. The lowest BCUT2D eigenvalue weighted by molar-refractivity contribution is -0.161. The summed E-state index contributed by atoms with van der Waals surface area (Å²) >= 11 is 0. The Hall–Kier alpha value is -4.24. The first kappa shape index (κ1) is 34.3. The van der Waals surface area contributed by atoms with Gasteiger partial charge in [-0.2, -0.15) is 0 Å². The number of carbonyl (C=O) groups is 3. The van der Waals surface area contributed by atoms with E-state index < -0.39 is 55.4 Å². The number of hydrogen-bond donors (Lipinski definition) is 0. The number of esters is 1. The average molecular weight is 649 g/mol. The molecule has 1 heterocycles. The van der Waals surface area contributed by atoms with Gasteiger partial charge >= 0.3 is 12.1 Å². The molecule has 0 radical (unpaired) electrons. The molecule has 0 saturated heterocycles. The van der Waals surface area contributed by atoms with Crippen molar-refractivity contribution in [1.29, 1.82) is 0 Å². The van der Waals surface area contributed by atoms with E-state index >= 15 is 0 Å². The molecule has 0 saturated carbocycles. The minimum Gasteiger partial charge on any atom is -0.458 e. The van der Waals surface area contributed by atoms with Crippen molar-refractivity contribution in [3.05, 3.63) is 71.6 Å². The highest BCUT2D eigenvalue weighted by atomic mass is 32.2. The minimum absolute atomic E-state index is 0.166. The van der Waals surface area contributed by atoms with Crippen molar-refractivity contribution in [2.24, 2.45) is 4.99 Å². The molecule has 0 aromatic heterocycles. The number of amides is 2. The highest BCUT2D eigenvalue weighted by Gasteiger charge is 2.43. The zero-order valence-corrected chi connectivity index (χ0v) is 27.2. The summed E-state index contributed by atoms with van der Waals surface area (Å²) in [6, 6.07) is 9.87. The summed E-state index contributed by atoms with van der Waals surface area (Å²) in [5, 5.41) is 0. The van der Waals surface area contributed by atoms with Gasteiger partial charge in [0.25, 0.3) is 15.9 Å². The Morgan fingerprint density at radius 3 is 2.09 bits per heavy atom. The van der Waals surface area contributed by atoms with Gasteiger partial charge in [0.1, 0.15) is 23.1 Å². The van der Waals surface area contributed by atoms with Crippen LogP contribution >= 0.6 is 0 Å². The predicted molar refractivity (Wildman–Crippen MR) is 163 cm³/mol. The summed E-state index contributed by atoms with van der Waals surface area (Å²) in [7, 11) is -5.54. The van der Waals surface area contributed by atoms with E-state index in [0.717, 1.165) is 28.5 Å². The molecule has 2 amide bonds. The summed E-state index contributed by atoms with van der Waals surface area (Å²) in [5.41, 5.74) is -0.417. The van der Waals surface area contributed by atoms with Crippen molar-refractivity contribution in [2.45, 2.75) is 50.7 Å². The van der Waals surface area contributed by atoms with E-state index in [9.17, 15) is 31.2 Å². The van der Waals surface area contributed by atoms with E-state index in [1.165, 1.54) is 67.5 Å². The number of hydrogen-bond acceptors (Lipinski definition) is 10. The third-order valence-corrected chi connectivity index (χ3v) is 8.98. The smallest absolute Gasteiger partial charge is 0.414 e. The number of benzene rings is 2. The minimum atomic E-state index is -4.75. The van der Waals surface area contributed by atoms with Crippen molar-refractivity contribution in [2.75, 3.05) is 26.9 Å². The molecule has 44 heavy (non-hydrogen) atoms. The van der Waals surface area contributed by atoms with Gasteiger partial charge in [-0.1, -0.05) is 29.8 Å². The van der Waals surface area contributed by atoms with Crippen LogP contribution in [0.4, 0.5) is 4.79 Å². The van der Waals surface area contributed by atoms with E-state index in [4.69, 9.17) is 9.47 Å². The molecule has 0 bridgehead atoms. The molecular weight excluding hydrogens is 612 g/mol. The van der Waals surface area contributed by atoms with Crippen molar-refractivity contribution in [3.63, 3.8) is 0 Å². The third kappa shape index (κ3) is 8.66. The quantitative estimate of drug-likeness (QED) is 0.373. The summed E-state index contributed by atoms with van der Waals surface area (Å²) in [6.07, 6.45) is 2.06. The predicted octanol–water partition coefficient (Wildman–Crippen LogP) is 2.71. The Bertz CT molecular complexity index is 1680. The Kier molecular flexibility index (Phi) is 10.3. The van der Waals surface area contributed by atoms with Crippen molar-refractivity contribution >= 4 is 44.2 Å². The normalized spacial score (nSPS) is 14.3. The van der Waals surface area contributed by atoms with Gasteiger partial charge < -0.3 is 14.4 Å². The van der Waals surface area contributed by atoms with Crippen LogP contribution in [0.5, 0.6) is 5.75 Å². The lowest BCUT2D eigenvalue weighted by atomic mass is 10.0. The Balaban J connectivity index is 2.17. The molecule has 1 aliphatic heterocycles. The van der Waals surface area contributed by atoms with Gasteiger partial charge in [-0.25, -0.2) is 30.7 Å². The Morgan fingerprint density at radius 2 is 1.57 bits per heavy atom. The van der Waals surface area contributed by atoms with E-state index in [2.05, 4.69) is 4.99 Å². The van der Waals surface area contributed by atoms with Crippen LogP contribution in [0.1, 0.15) is 31.9 Å². The van der Waals surface area contributed by atoms with Crippen molar-refractivity contribution < 1.29 is 40.7 Å². The topological polar surface area (TPSA) is 160 Å². The zero-order valence-electron chi connectivity index (χ0n) is 25.5. The molecule has 15 heteroatoms. The molecule has 1 atom stereocenters. The SMILES string of the molecule is Cc1ccc(S(=O)(=O)N(C(=O)C2=CN(S(C)(=O)=O)CC=N2)[C@@H](Cc2ccc(OC(=O)N(C)C)cc2)C(=O)OC(C)(C)C)cc1. The van der Waals surface area contributed by atoms with Crippen LogP contribution in [0.2, 0.25) is 0 Å². The van der Waals surface area contributed by atoms with Crippen LogP contribution in [0, 0.1) is 6.92 Å². The molecule has 0 unspecified atom stereocenters. The molecular formula is C29H36N4O9S2. The van der Waals surface area contributed by atoms with E-state index in [1.54, 1.807) is 27.7 Å². The Morgan fingerprint density at radius 1 is 0.977 bits per heavy atom. The van der Waals surface area contributed by atoms with Gasteiger partial charge in [0.2, 0.25) is 10.0 Å². The number of ether oxygens (including phenoxy) is 2. The first-order valence-electron chi connectivity index (χ1n) is 13.4. The maximum Gasteiger partial charge on any atom is 0.414 e. The van der Waals surface area contributed by atoms with Gasteiger partial charge in [-0.05, 0) is 57.5 Å². The maximum atomic E-state index is 14.2. The molecule has 3 rings (SSSR count). The van der Waals surface area contributed by atoms with Crippen molar-refractivity contribution in [1.82, 2.24) is 13.5 Å². The Labute approximate surface area is 257 Å². The highest BCUT2D eigenvalue weighted by Crippen LogP contribution is 2.27. The van der Waals surface area contributed by atoms with E-state index in [1.807, 2.05) is 0 Å². The fourth-order valence-electron chi connectivity index (χ4n) is 3.88. The number of sulfonamides is 2. The highest BCUT2D eigenvalue weighted by molar-refractivity contribution is 7.89. The van der Waals surface area contributed by atoms with Gasteiger partial charge in [-0.15, -0.1) is 0 Å². The van der Waals surface area contributed by atoms with Crippen LogP contribution in [-0.4, -0.2) is 93.1 Å². The molecule has 0 fully saturated rings. The number of aryl methyl sites for hydroxylation is 1. The van der Waals surface area contributed by atoms with Crippen LogP contribution in [-0.2, 0) is 40.8 Å². The maximum absolute atomic E-state index is 14.2. The molecule has 2 aromatic carbocycles. The second-order valence-corrected chi connectivity index (χ2v) is 15.0. The van der Waals surface area contributed by atoms with Crippen LogP contribution in [0.25, 0.3) is 0 Å². The summed E-state index contributed by atoms with van der Waals surface area (Å²) in [5.74, 6) is -2.06. The second kappa shape index (κ2) is 13.2. The zero-order chi connectivity index (χ0) is 33.0. The van der Waals surface area contributed by atoms with Gasteiger partial charge in [0, 0.05) is 32.9 Å². The number of aliphatic imine (C=N–C) groups is 1. The first-order valence-corrected chi connectivity index (χ1v) is 16.7. The monoisotopic (exact) mass is 648 g/mol. The molecule has 13 nitrogen and oxygen atoms in total. The second-order valence-electron chi connectivity index (χ2n) is 11.2. The van der Waals surface area contributed by atoms with E-state index in [0.29, 0.717) is 9.87 Å². The fraction of sp³-hybridized carbons (Fsp3) is 0.379. The van der Waals surface area contributed by atoms with Gasteiger partial charge in [0.15, 0.2) is 0 Å². The van der Waals surface area contributed by atoms with Crippen LogP contribution in [0.15, 0.2) is 70.3 Å². The molecule has 1 aliphatic rings. The van der Waals surface area contributed by atoms with Gasteiger partial charge in [0.05, 0.1) is 17.7 Å². The summed E-state index contributed by atoms with van der Waals surface area (Å²) in [6.45, 7) is 6.36. The molecule has 0 spiro atoms. The molecule has 238 valence electrons. The van der Waals surface area contributed by atoms with Crippen LogP contribution in [0.3, 0.4) is 0 Å². The lowest BCUT2D eigenvalue weighted by Gasteiger charge is -2.32. The first-order chi connectivity index (χ1) is 20.3. The number of rotatable bonds is 9. The average Bonchev–Trinajstić information content (AvgIpc) is 2.92. The largest absolute Gasteiger partial charge is 0.458 e. The fourth-order valence-corrected chi connectivity index (χ4v) is 6.02. The number of nitrogens with zero attached hydrogens (tertiary/aromatic N) is 4. The number of carbonyl (C=O) groups excluding carboxylic acids is 3. The van der Waals surface area contributed by atoms with E-state index in [-0.39, 0.29) is 23.6 Å². The third-order valence-electron chi connectivity index (χ3n) is 6.07. The molecule has 0 aliphatic carbocycles. The summed E-state index contributed by atoms with van der Waals surface area (Å²) < 4.78 is 64.8. The summed E-state index contributed by atoms with van der Waals surface area (Å²) in [4.78, 5) is 44.7. The van der Waals surface area contributed by atoms with Crippen LogP contribution < -0.4 is 4.74 Å². The molecule has 2 aromatic rings. The van der Waals surface area contributed by atoms with Gasteiger partial charge in [-0.3, -0.25) is 14.1 Å². The standard InChI is InChI=1S/C29H36N4O9S2/c1-20-8-14-23(15-9-20)44(39,40)33(26(34)24-19-32(17-16-30-24)43(7,37)38)25(27(35)42-29(2,3)4)18-21-10-12-22(13-11-21)41-28(36)31(5)6/h8-16,19,25H,17-18H2,1-7H3/t25-/m0/s1. The lowest BCUT2D eigenvalue weighted by Crippen LogP contribution is -2.52. The van der Waals surface area contributed by atoms with Crippen molar-refractivity contribution in [3.8, 4) is 5.75 Å².